The van der Waals surface area contributed by atoms with Crippen molar-refractivity contribution < 1.29 is 9.53 Å². The number of nitrogens with zero attached hydrogens (tertiary/aromatic N) is 3. The van der Waals surface area contributed by atoms with Crippen LogP contribution in [0.4, 0.5) is 5.69 Å². The molecule has 0 bridgehead atoms. The number of methoxy groups -OCH3 is 1. The highest BCUT2D eigenvalue weighted by Gasteiger charge is 2.19. The van der Waals surface area contributed by atoms with E-state index in [2.05, 4.69) is 0 Å². The summed E-state index contributed by atoms with van der Waals surface area (Å²) in [6.45, 7) is 4.68. The number of carbonyl (C=O) groups excluding carboxylic acids is 1. The quantitative estimate of drug-likeness (QED) is 0.455. The fourth-order valence-corrected chi connectivity index (χ4v) is 4.33. The van der Waals surface area contributed by atoms with Crippen molar-refractivity contribution >= 4 is 27.9 Å². The average molecular weight is 406 g/mol. The van der Waals surface area contributed by atoms with E-state index in [9.17, 15) is 4.79 Å². The first-order valence-electron chi connectivity index (χ1n) is 9.56. The maximum atomic E-state index is 13.1. The second-order valence-electron chi connectivity index (χ2n) is 6.84. The average Bonchev–Trinajstić information content (AvgIpc) is 3.32. The molecular formula is C23H23N3O2S. The highest BCUT2D eigenvalue weighted by Crippen LogP contribution is 2.26. The molecule has 0 N–H and O–H groups in total. The number of thiazole rings is 1. The number of fused-ring (bicyclic) bond motifs is 1. The predicted molar refractivity (Wildman–Crippen MR) is 118 cm³/mol. The first kappa shape index (κ1) is 19.2. The summed E-state index contributed by atoms with van der Waals surface area (Å²) < 4.78 is 7.25. The van der Waals surface area contributed by atoms with Gasteiger partial charge in [0.2, 0.25) is 5.91 Å². The molecule has 0 saturated heterocycles. The van der Waals surface area contributed by atoms with E-state index in [0.29, 0.717) is 13.0 Å². The van der Waals surface area contributed by atoms with Crippen LogP contribution in [0.3, 0.4) is 0 Å². The van der Waals surface area contributed by atoms with Gasteiger partial charge in [-0.2, -0.15) is 0 Å². The van der Waals surface area contributed by atoms with Crippen molar-refractivity contribution in [2.75, 3.05) is 18.6 Å². The Balaban J connectivity index is 1.60. The molecule has 0 spiro atoms. The summed E-state index contributed by atoms with van der Waals surface area (Å²) in [5.74, 6) is 0.901. The lowest BCUT2D eigenvalue weighted by Crippen LogP contribution is -2.32. The van der Waals surface area contributed by atoms with Crippen LogP contribution < -0.4 is 9.64 Å². The summed E-state index contributed by atoms with van der Waals surface area (Å²) in [4.78, 5) is 20.5. The summed E-state index contributed by atoms with van der Waals surface area (Å²) in [5.41, 5.74) is 4.93. The van der Waals surface area contributed by atoms with Gasteiger partial charge in [0.05, 0.1) is 19.2 Å². The van der Waals surface area contributed by atoms with Gasteiger partial charge in [-0.1, -0.05) is 18.2 Å². The Kier molecular flexibility index (Phi) is 5.36. The zero-order valence-corrected chi connectivity index (χ0v) is 17.6. The van der Waals surface area contributed by atoms with Gasteiger partial charge in [-0.05, 0) is 49.7 Å². The second kappa shape index (κ2) is 8.09. The van der Waals surface area contributed by atoms with E-state index in [4.69, 9.17) is 9.72 Å². The highest BCUT2D eigenvalue weighted by atomic mass is 32.1. The monoisotopic (exact) mass is 405 g/mol. The van der Waals surface area contributed by atoms with Crippen LogP contribution >= 0.6 is 11.3 Å². The Morgan fingerprint density at radius 2 is 1.93 bits per heavy atom. The van der Waals surface area contributed by atoms with Crippen LogP contribution in [0.1, 0.15) is 18.2 Å². The van der Waals surface area contributed by atoms with E-state index in [0.717, 1.165) is 38.9 Å². The summed E-state index contributed by atoms with van der Waals surface area (Å²) in [6, 6.07) is 15.8. The van der Waals surface area contributed by atoms with Gasteiger partial charge in [0.15, 0.2) is 4.96 Å². The van der Waals surface area contributed by atoms with Crippen molar-refractivity contribution in [1.29, 1.82) is 0 Å². The predicted octanol–water partition coefficient (Wildman–Crippen LogP) is 4.98. The summed E-state index contributed by atoms with van der Waals surface area (Å²) >= 11 is 1.55. The zero-order chi connectivity index (χ0) is 20.4. The van der Waals surface area contributed by atoms with Crippen molar-refractivity contribution in [3.8, 4) is 17.0 Å². The molecule has 2 heterocycles. The molecule has 0 aliphatic heterocycles. The number of anilines is 1. The van der Waals surface area contributed by atoms with Crippen LogP contribution in [0, 0.1) is 6.92 Å². The number of benzene rings is 2. The Labute approximate surface area is 174 Å². The summed E-state index contributed by atoms with van der Waals surface area (Å²) in [7, 11) is 1.65. The maximum absolute atomic E-state index is 13.1. The zero-order valence-electron chi connectivity index (χ0n) is 16.8. The van der Waals surface area contributed by atoms with Gasteiger partial charge in [-0.15, -0.1) is 11.3 Å². The molecule has 0 aliphatic rings. The number of carbonyl (C=O) groups is 1. The topological polar surface area (TPSA) is 46.8 Å². The number of rotatable bonds is 6. The number of ether oxygens (including phenoxy) is 1. The van der Waals surface area contributed by atoms with Gasteiger partial charge in [0.25, 0.3) is 0 Å². The SMILES string of the molecule is CCN(C(=O)Cc1csc2nc(-c3ccc(OC)cc3)cn12)c1ccccc1C. The standard InChI is InChI=1S/C23H23N3O2S/c1-4-25(21-8-6-5-7-16(21)2)22(27)13-18-15-29-23-24-20(14-26(18)23)17-9-11-19(28-3)12-10-17/h5-12,14-15H,4,13H2,1-3H3. The van der Waals surface area contributed by atoms with E-state index in [1.54, 1.807) is 18.4 Å². The lowest BCUT2D eigenvalue weighted by molar-refractivity contribution is -0.118. The summed E-state index contributed by atoms with van der Waals surface area (Å²) in [6.07, 6.45) is 2.33. The molecule has 0 fully saturated rings. The fraction of sp³-hybridized carbons (Fsp3) is 0.217. The Hall–Kier alpha value is -3.12. The van der Waals surface area contributed by atoms with Gasteiger partial charge in [-0.25, -0.2) is 4.98 Å². The van der Waals surface area contributed by atoms with E-state index in [-0.39, 0.29) is 5.91 Å². The molecule has 2 aromatic carbocycles. The molecule has 0 aliphatic carbocycles. The maximum Gasteiger partial charge on any atom is 0.232 e. The number of para-hydroxylation sites is 1. The van der Waals surface area contributed by atoms with Crippen molar-refractivity contribution in [2.24, 2.45) is 0 Å². The van der Waals surface area contributed by atoms with Gasteiger partial charge in [0, 0.05) is 35.1 Å². The van der Waals surface area contributed by atoms with E-state index >= 15 is 0 Å². The number of likely N-dealkylation sites (N-methyl/N-ethyl adjacent to an activating group) is 1. The number of aromatic nitrogens is 2. The van der Waals surface area contributed by atoms with E-state index in [1.165, 1.54) is 0 Å². The van der Waals surface area contributed by atoms with Crippen LogP contribution in [0.5, 0.6) is 5.75 Å². The van der Waals surface area contributed by atoms with Crippen molar-refractivity contribution in [1.82, 2.24) is 9.38 Å². The highest BCUT2D eigenvalue weighted by molar-refractivity contribution is 7.15. The molecule has 148 valence electrons. The molecule has 5 nitrogen and oxygen atoms in total. The molecule has 4 aromatic rings. The van der Waals surface area contributed by atoms with Crippen LogP contribution in [0.15, 0.2) is 60.1 Å². The minimum absolute atomic E-state index is 0.0844. The van der Waals surface area contributed by atoms with Crippen molar-refractivity contribution in [3.05, 3.63) is 71.4 Å². The molecule has 0 saturated carbocycles. The van der Waals surface area contributed by atoms with Crippen LogP contribution in [0.25, 0.3) is 16.2 Å². The van der Waals surface area contributed by atoms with E-state index < -0.39 is 0 Å². The normalized spacial score (nSPS) is 11.0. The molecule has 6 heteroatoms. The van der Waals surface area contributed by atoms with Gasteiger partial charge in [-0.3, -0.25) is 9.20 Å². The minimum atomic E-state index is 0.0844. The van der Waals surface area contributed by atoms with Gasteiger partial charge in [0.1, 0.15) is 5.75 Å². The minimum Gasteiger partial charge on any atom is -0.497 e. The van der Waals surface area contributed by atoms with Gasteiger partial charge >= 0.3 is 0 Å². The number of aryl methyl sites for hydroxylation is 1. The lowest BCUT2D eigenvalue weighted by Gasteiger charge is -2.22. The fourth-order valence-electron chi connectivity index (χ4n) is 3.46. The number of hydrogen-bond donors (Lipinski definition) is 0. The molecular weight excluding hydrogens is 382 g/mol. The third-order valence-corrected chi connectivity index (χ3v) is 5.91. The molecule has 29 heavy (non-hydrogen) atoms. The van der Waals surface area contributed by atoms with Gasteiger partial charge < -0.3 is 9.64 Å². The number of imidazole rings is 1. The first-order valence-corrected chi connectivity index (χ1v) is 10.4. The Morgan fingerprint density at radius 1 is 1.17 bits per heavy atom. The third-order valence-electron chi connectivity index (χ3n) is 5.03. The smallest absolute Gasteiger partial charge is 0.232 e. The van der Waals surface area contributed by atoms with Crippen molar-refractivity contribution in [2.45, 2.75) is 20.3 Å². The molecule has 2 aromatic heterocycles. The van der Waals surface area contributed by atoms with Crippen LogP contribution in [0.2, 0.25) is 0 Å². The Morgan fingerprint density at radius 3 is 2.62 bits per heavy atom. The third kappa shape index (κ3) is 3.76. The number of amides is 1. The van der Waals surface area contributed by atoms with Crippen LogP contribution in [-0.4, -0.2) is 28.9 Å². The molecule has 4 rings (SSSR count). The molecule has 0 unspecified atom stereocenters. The lowest BCUT2D eigenvalue weighted by atomic mass is 10.1. The number of hydrogen-bond acceptors (Lipinski definition) is 4. The molecule has 0 atom stereocenters. The van der Waals surface area contributed by atoms with Crippen molar-refractivity contribution in [3.63, 3.8) is 0 Å². The molecule has 0 radical (unpaired) electrons. The van der Waals surface area contributed by atoms with E-state index in [1.807, 2.05) is 83.3 Å². The molecule has 1 amide bonds. The van der Waals surface area contributed by atoms with Crippen LogP contribution in [-0.2, 0) is 11.2 Å². The largest absolute Gasteiger partial charge is 0.497 e. The Bertz CT molecular complexity index is 1140. The first-order chi connectivity index (χ1) is 14.1. The summed E-state index contributed by atoms with van der Waals surface area (Å²) in [5, 5.41) is 2.02. The second-order valence-corrected chi connectivity index (χ2v) is 7.67.